The van der Waals surface area contributed by atoms with Gasteiger partial charge in [0.25, 0.3) is 5.91 Å². The summed E-state index contributed by atoms with van der Waals surface area (Å²) in [7, 11) is 0. The average Bonchev–Trinajstić information content (AvgIpc) is 2.93. The van der Waals surface area contributed by atoms with Gasteiger partial charge in [-0.15, -0.1) is 0 Å². The fourth-order valence-corrected chi connectivity index (χ4v) is 3.12. The number of aryl methyl sites for hydroxylation is 1. The number of benzene rings is 1. The lowest BCUT2D eigenvalue weighted by Crippen LogP contribution is -2.46. The minimum atomic E-state index is -0.939. The van der Waals surface area contributed by atoms with E-state index in [-0.39, 0.29) is 12.7 Å². The molecule has 3 amide bonds. The van der Waals surface area contributed by atoms with Gasteiger partial charge in [-0.25, -0.2) is 4.79 Å². The Hall–Kier alpha value is -2.24. The molecule has 1 atom stereocenters. The van der Waals surface area contributed by atoms with Crippen molar-refractivity contribution in [3.05, 3.63) is 23.3 Å². The Balaban J connectivity index is 1.91. The molecule has 1 fully saturated rings. The third kappa shape index (κ3) is 1.31. The molecule has 1 aromatic rings. The van der Waals surface area contributed by atoms with Gasteiger partial charge in [0.15, 0.2) is 11.5 Å². The lowest BCUT2D eigenvalue weighted by atomic mass is 9.76. The van der Waals surface area contributed by atoms with Crippen molar-refractivity contribution in [2.24, 2.45) is 0 Å². The van der Waals surface area contributed by atoms with Crippen molar-refractivity contribution >= 4 is 11.9 Å². The van der Waals surface area contributed by atoms with Gasteiger partial charge in [-0.3, -0.25) is 10.1 Å². The first-order valence-electron chi connectivity index (χ1n) is 6.26. The van der Waals surface area contributed by atoms with Crippen molar-refractivity contribution in [2.45, 2.75) is 24.8 Å². The smallest absolute Gasteiger partial charge is 0.322 e. The molecular weight excluding hydrogens is 248 g/mol. The normalized spacial score (nSPS) is 27.2. The number of carbonyl (C=O) groups is 2. The summed E-state index contributed by atoms with van der Waals surface area (Å²) in [6.07, 6.45) is 2.33. The predicted molar refractivity (Wildman–Crippen MR) is 63.9 cm³/mol. The van der Waals surface area contributed by atoms with E-state index in [9.17, 15) is 9.59 Å². The highest BCUT2D eigenvalue weighted by atomic mass is 16.7. The van der Waals surface area contributed by atoms with Crippen molar-refractivity contribution < 1.29 is 19.1 Å². The van der Waals surface area contributed by atoms with Gasteiger partial charge in [0, 0.05) is 0 Å². The van der Waals surface area contributed by atoms with Crippen LogP contribution in [0.15, 0.2) is 12.1 Å². The Morgan fingerprint density at radius 2 is 1.95 bits per heavy atom. The van der Waals surface area contributed by atoms with Gasteiger partial charge in [0.05, 0.1) is 0 Å². The second kappa shape index (κ2) is 3.40. The number of hydrogen-bond donors (Lipinski definition) is 2. The lowest BCUT2D eigenvalue weighted by molar-refractivity contribution is -0.124. The third-order valence-electron chi connectivity index (χ3n) is 4.00. The van der Waals surface area contributed by atoms with Crippen LogP contribution in [0.1, 0.15) is 24.0 Å². The van der Waals surface area contributed by atoms with Gasteiger partial charge in [-0.2, -0.15) is 0 Å². The maximum atomic E-state index is 12.2. The molecule has 1 aromatic carbocycles. The minimum absolute atomic E-state index is 0.198. The standard InChI is InChI=1S/C13H12N2O4/c16-11-13(15-12(17)14-11)3-1-2-7-4-9-10(5-8(7)13)19-6-18-9/h4-5H,1-3,6H2,(H2,14,15,16,17). The Bertz CT molecular complexity index is 613. The molecule has 4 rings (SSSR count). The first-order valence-corrected chi connectivity index (χ1v) is 6.26. The van der Waals surface area contributed by atoms with Crippen molar-refractivity contribution in [3.8, 4) is 11.5 Å². The molecule has 1 saturated heterocycles. The first kappa shape index (κ1) is 10.7. The second-order valence-electron chi connectivity index (χ2n) is 5.03. The van der Waals surface area contributed by atoms with Gasteiger partial charge in [-0.05, 0) is 42.5 Å². The van der Waals surface area contributed by atoms with Gasteiger partial charge >= 0.3 is 6.03 Å². The van der Waals surface area contributed by atoms with Crippen LogP contribution in [0.3, 0.4) is 0 Å². The summed E-state index contributed by atoms with van der Waals surface area (Å²) in [6, 6.07) is 3.30. The molecule has 1 spiro atoms. The van der Waals surface area contributed by atoms with E-state index in [4.69, 9.17) is 9.47 Å². The number of rotatable bonds is 0. The van der Waals surface area contributed by atoms with Crippen LogP contribution in [-0.4, -0.2) is 18.7 Å². The second-order valence-corrected chi connectivity index (χ2v) is 5.03. The molecule has 3 aliphatic rings. The van der Waals surface area contributed by atoms with E-state index in [0.717, 1.165) is 24.0 Å². The summed E-state index contributed by atoms with van der Waals surface area (Å²) in [5.41, 5.74) is 0.922. The van der Waals surface area contributed by atoms with Crippen LogP contribution in [0.4, 0.5) is 4.79 Å². The Morgan fingerprint density at radius 3 is 2.68 bits per heavy atom. The van der Waals surface area contributed by atoms with E-state index in [1.54, 1.807) is 0 Å². The summed E-state index contributed by atoms with van der Waals surface area (Å²) in [6.45, 7) is 0.198. The van der Waals surface area contributed by atoms with E-state index < -0.39 is 11.6 Å². The van der Waals surface area contributed by atoms with Gasteiger partial charge in [0.1, 0.15) is 5.54 Å². The SMILES string of the molecule is O=C1NC(=O)C2(CCCc3cc4c(cc32)OCO4)N1. The van der Waals surface area contributed by atoms with Crippen LogP contribution in [0, 0.1) is 0 Å². The highest BCUT2D eigenvalue weighted by Gasteiger charge is 2.50. The molecule has 1 aliphatic carbocycles. The Kier molecular flexibility index (Phi) is 1.91. The molecule has 0 aromatic heterocycles. The largest absolute Gasteiger partial charge is 0.454 e. The maximum absolute atomic E-state index is 12.2. The number of fused-ring (bicyclic) bond motifs is 3. The number of urea groups is 1. The zero-order valence-electron chi connectivity index (χ0n) is 10.1. The zero-order valence-corrected chi connectivity index (χ0v) is 10.1. The van der Waals surface area contributed by atoms with E-state index in [0.29, 0.717) is 17.9 Å². The number of nitrogens with one attached hydrogen (secondary N) is 2. The van der Waals surface area contributed by atoms with E-state index in [2.05, 4.69) is 10.6 Å². The molecule has 2 aliphatic heterocycles. The Morgan fingerprint density at radius 1 is 1.16 bits per heavy atom. The summed E-state index contributed by atoms with van der Waals surface area (Å²) >= 11 is 0. The highest BCUT2D eigenvalue weighted by molar-refractivity contribution is 6.07. The predicted octanol–water partition coefficient (Wildman–Crippen LogP) is 0.786. The van der Waals surface area contributed by atoms with Crippen LogP contribution in [0.25, 0.3) is 0 Å². The fraction of sp³-hybridized carbons (Fsp3) is 0.385. The van der Waals surface area contributed by atoms with Crippen LogP contribution in [0.5, 0.6) is 11.5 Å². The highest BCUT2D eigenvalue weighted by Crippen LogP contribution is 2.44. The number of imide groups is 1. The molecule has 6 heteroatoms. The summed E-state index contributed by atoms with van der Waals surface area (Å²) in [5, 5.41) is 5.10. The van der Waals surface area contributed by atoms with Crippen molar-refractivity contribution in [2.75, 3.05) is 6.79 Å². The number of hydrogen-bond acceptors (Lipinski definition) is 4. The molecule has 0 saturated carbocycles. The van der Waals surface area contributed by atoms with Crippen molar-refractivity contribution in [3.63, 3.8) is 0 Å². The molecule has 6 nitrogen and oxygen atoms in total. The maximum Gasteiger partial charge on any atom is 0.322 e. The van der Waals surface area contributed by atoms with Crippen LogP contribution < -0.4 is 20.1 Å². The van der Waals surface area contributed by atoms with Crippen LogP contribution in [-0.2, 0) is 16.8 Å². The Labute approximate surface area is 109 Å². The molecule has 0 radical (unpaired) electrons. The van der Waals surface area contributed by atoms with Crippen molar-refractivity contribution in [1.29, 1.82) is 0 Å². The summed E-state index contributed by atoms with van der Waals surface area (Å²) < 4.78 is 10.7. The molecule has 2 heterocycles. The fourth-order valence-electron chi connectivity index (χ4n) is 3.12. The van der Waals surface area contributed by atoms with Gasteiger partial charge in [0.2, 0.25) is 6.79 Å². The van der Waals surface area contributed by atoms with E-state index in [1.807, 2.05) is 12.1 Å². The molecule has 2 N–H and O–H groups in total. The number of carbonyl (C=O) groups excluding carboxylic acids is 2. The quantitative estimate of drug-likeness (QED) is 0.676. The summed E-state index contributed by atoms with van der Waals surface area (Å²) in [5.74, 6) is 1.06. The lowest BCUT2D eigenvalue weighted by Gasteiger charge is -2.32. The number of amides is 3. The average molecular weight is 260 g/mol. The van der Waals surface area contributed by atoms with Crippen LogP contribution >= 0.6 is 0 Å². The third-order valence-corrected chi connectivity index (χ3v) is 4.00. The number of ether oxygens (including phenoxy) is 2. The molecule has 0 bridgehead atoms. The van der Waals surface area contributed by atoms with Crippen molar-refractivity contribution in [1.82, 2.24) is 10.6 Å². The zero-order chi connectivity index (χ0) is 13.0. The molecule has 98 valence electrons. The van der Waals surface area contributed by atoms with E-state index >= 15 is 0 Å². The van der Waals surface area contributed by atoms with E-state index in [1.165, 1.54) is 0 Å². The molecule has 1 unspecified atom stereocenters. The molecule has 19 heavy (non-hydrogen) atoms. The summed E-state index contributed by atoms with van der Waals surface area (Å²) in [4.78, 5) is 23.6. The molecular formula is C13H12N2O4. The minimum Gasteiger partial charge on any atom is -0.454 e. The topological polar surface area (TPSA) is 76.7 Å². The van der Waals surface area contributed by atoms with Crippen LogP contribution in [0.2, 0.25) is 0 Å². The van der Waals surface area contributed by atoms with Gasteiger partial charge < -0.3 is 14.8 Å². The monoisotopic (exact) mass is 260 g/mol. The van der Waals surface area contributed by atoms with Gasteiger partial charge in [-0.1, -0.05) is 0 Å². The first-order chi connectivity index (χ1) is 9.19.